The van der Waals surface area contributed by atoms with E-state index in [0.717, 1.165) is 40.5 Å². The maximum absolute atomic E-state index is 12.5. The minimum absolute atomic E-state index is 0.0273. The number of thiophene rings is 1. The standard InChI is InChI=1S/C18H21NOS/c1-11-7-8-15-14(9-11)10-16(21-15)18(20)19-17-12(2)5-4-6-13(17)3/h4-6,10-11H,7-9H2,1-3H3,(H,19,20). The molecule has 0 spiro atoms. The molecule has 1 aromatic carbocycles. The normalized spacial score (nSPS) is 17.4. The number of carbonyl (C=O) groups is 1. The molecule has 21 heavy (non-hydrogen) atoms. The van der Waals surface area contributed by atoms with Crippen molar-refractivity contribution in [1.29, 1.82) is 0 Å². The maximum Gasteiger partial charge on any atom is 0.265 e. The van der Waals surface area contributed by atoms with Gasteiger partial charge < -0.3 is 5.32 Å². The third-order valence-corrected chi connectivity index (χ3v) is 5.51. The average molecular weight is 299 g/mol. The van der Waals surface area contributed by atoms with Gasteiger partial charge in [0, 0.05) is 10.6 Å². The number of aryl methyl sites for hydroxylation is 3. The largest absolute Gasteiger partial charge is 0.321 e. The van der Waals surface area contributed by atoms with Crippen LogP contribution in [0.5, 0.6) is 0 Å². The Morgan fingerprint density at radius 3 is 2.71 bits per heavy atom. The summed E-state index contributed by atoms with van der Waals surface area (Å²) >= 11 is 1.66. The van der Waals surface area contributed by atoms with Crippen molar-refractivity contribution in [2.24, 2.45) is 5.92 Å². The summed E-state index contributed by atoms with van der Waals surface area (Å²) in [5.41, 5.74) is 4.55. The predicted molar refractivity (Wildman–Crippen MR) is 89.4 cm³/mol. The number of carbonyl (C=O) groups excluding carboxylic acids is 1. The fraction of sp³-hybridized carbons (Fsp3) is 0.389. The molecule has 0 saturated heterocycles. The highest BCUT2D eigenvalue weighted by Gasteiger charge is 2.21. The number of rotatable bonds is 2. The van der Waals surface area contributed by atoms with E-state index in [-0.39, 0.29) is 5.91 Å². The summed E-state index contributed by atoms with van der Waals surface area (Å²) < 4.78 is 0. The molecule has 3 rings (SSSR count). The molecule has 2 nitrogen and oxygen atoms in total. The molecule has 0 bridgehead atoms. The molecule has 0 radical (unpaired) electrons. The summed E-state index contributed by atoms with van der Waals surface area (Å²) in [5, 5.41) is 3.09. The molecule has 1 aliphatic rings. The van der Waals surface area contributed by atoms with Crippen LogP contribution in [-0.2, 0) is 12.8 Å². The van der Waals surface area contributed by atoms with Crippen molar-refractivity contribution in [3.63, 3.8) is 0 Å². The summed E-state index contributed by atoms with van der Waals surface area (Å²) in [7, 11) is 0. The molecule has 1 heterocycles. The van der Waals surface area contributed by atoms with E-state index in [9.17, 15) is 4.79 Å². The Balaban J connectivity index is 1.83. The molecular weight excluding hydrogens is 278 g/mol. The van der Waals surface area contributed by atoms with Crippen molar-refractivity contribution >= 4 is 22.9 Å². The zero-order valence-electron chi connectivity index (χ0n) is 12.8. The van der Waals surface area contributed by atoms with Crippen molar-refractivity contribution in [2.45, 2.75) is 40.0 Å². The summed E-state index contributed by atoms with van der Waals surface area (Å²) in [6.07, 6.45) is 3.48. The van der Waals surface area contributed by atoms with E-state index in [2.05, 4.69) is 18.3 Å². The number of para-hydroxylation sites is 1. The van der Waals surface area contributed by atoms with Crippen LogP contribution in [0.1, 0.15) is 44.6 Å². The molecule has 0 saturated carbocycles. The molecule has 1 aromatic heterocycles. The van der Waals surface area contributed by atoms with Crippen LogP contribution >= 0.6 is 11.3 Å². The van der Waals surface area contributed by atoms with E-state index in [4.69, 9.17) is 0 Å². The van der Waals surface area contributed by atoms with Gasteiger partial charge in [-0.15, -0.1) is 11.3 Å². The van der Waals surface area contributed by atoms with E-state index >= 15 is 0 Å². The van der Waals surface area contributed by atoms with Crippen molar-refractivity contribution in [1.82, 2.24) is 0 Å². The molecule has 1 unspecified atom stereocenters. The number of amides is 1. The number of hydrogen-bond donors (Lipinski definition) is 1. The topological polar surface area (TPSA) is 29.1 Å². The smallest absolute Gasteiger partial charge is 0.265 e. The molecular formula is C18H21NOS. The Morgan fingerprint density at radius 2 is 2.00 bits per heavy atom. The van der Waals surface area contributed by atoms with Crippen molar-refractivity contribution < 1.29 is 4.79 Å². The van der Waals surface area contributed by atoms with Gasteiger partial charge in [-0.1, -0.05) is 25.1 Å². The monoisotopic (exact) mass is 299 g/mol. The average Bonchev–Trinajstić information content (AvgIpc) is 2.86. The third kappa shape index (κ3) is 2.88. The second-order valence-corrected chi connectivity index (χ2v) is 7.26. The van der Waals surface area contributed by atoms with Gasteiger partial charge >= 0.3 is 0 Å². The predicted octanol–water partition coefficient (Wildman–Crippen LogP) is 4.74. The minimum Gasteiger partial charge on any atom is -0.321 e. The van der Waals surface area contributed by atoms with Crippen LogP contribution in [0, 0.1) is 19.8 Å². The van der Waals surface area contributed by atoms with Crippen LogP contribution in [-0.4, -0.2) is 5.91 Å². The zero-order valence-corrected chi connectivity index (χ0v) is 13.6. The number of fused-ring (bicyclic) bond motifs is 1. The number of benzene rings is 1. The fourth-order valence-electron chi connectivity index (χ4n) is 3.00. The first-order valence-corrected chi connectivity index (χ1v) is 8.35. The van der Waals surface area contributed by atoms with Crippen LogP contribution < -0.4 is 5.32 Å². The Labute approximate surface area is 130 Å². The van der Waals surface area contributed by atoms with Gasteiger partial charge in [0.1, 0.15) is 0 Å². The van der Waals surface area contributed by atoms with Gasteiger partial charge in [0.2, 0.25) is 0 Å². The first-order valence-electron chi connectivity index (χ1n) is 7.53. The van der Waals surface area contributed by atoms with E-state index in [1.165, 1.54) is 16.9 Å². The Kier molecular flexibility index (Phi) is 3.85. The maximum atomic E-state index is 12.5. The van der Waals surface area contributed by atoms with Crippen LogP contribution in [0.2, 0.25) is 0 Å². The van der Waals surface area contributed by atoms with Gasteiger partial charge in [-0.2, -0.15) is 0 Å². The summed E-state index contributed by atoms with van der Waals surface area (Å²) in [4.78, 5) is 14.8. The highest BCUT2D eigenvalue weighted by molar-refractivity contribution is 7.14. The summed E-state index contributed by atoms with van der Waals surface area (Å²) in [6.45, 7) is 6.35. The molecule has 0 aliphatic heterocycles. The lowest BCUT2D eigenvalue weighted by atomic mass is 9.90. The molecule has 1 N–H and O–H groups in total. The minimum atomic E-state index is 0.0273. The Hall–Kier alpha value is -1.61. The number of hydrogen-bond acceptors (Lipinski definition) is 2. The van der Waals surface area contributed by atoms with Crippen LogP contribution in [0.4, 0.5) is 5.69 Å². The second kappa shape index (κ2) is 5.64. The molecule has 3 heteroatoms. The molecule has 110 valence electrons. The Morgan fingerprint density at radius 1 is 1.29 bits per heavy atom. The lowest BCUT2D eigenvalue weighted by molar-refractivity contribution is 0.103. The van der Waals surface area contributed by atoms with Crippen molar-refractivity contribution in [3.8, 4) is 0 Å². The summed E-state index contributed by atoms with van der Waals surface area (Å²) in [6, 6.07) is 8.18. The van der Waals surface area contributed by atoms with Crippen LogP contribution in [0.15, 0.2) is 24.3 Å². The van der Waals surface area contributed by atoms with Gasteiger partial charge in [0.25, 0.3) is 5.91 Å². The van der Waals surface area contributed by atoms with E-state index in [1.807, 2.05) is 32.0 Å². The van der Waals surface area contributed by atoms with Gasteiger partial charge in [-0.05, 0) is 61.8 Å². The van der Waals surface area contributed by atoms with Crippen molar-refractivity contribution in [2.75, 3.05) is 5.32 Å². The van der Waals surface area contributed by atoms with E-state index in [1.54, 1.807) is 11.3 Å². The number of nitrogens with one attached hydrogen (secondary N) is 1. The molecule has 0 fully saturated rings. The highest BCUT2D eigenvalue weighted by atomic mass is 32.1. The van der Waals surface area contributed by atoms with E-state index < -0.39 is 0 Å². The molecule has 2 aromatic rings. The van der Waals surface area contributed by atoms with Crippen LogP contribution in [0.3, 0.4) is 0 Å². The van der Waals surface area contributed by atoms with Crippen molar-refractivity contribution in [3.05, 3.63) is 50.7 Å². The van der Waals surface area contributed by atoms with E-state index in [0.29, 0.717) is 0 Å². The lowest BCUT2D eigenvalue weighted by Crippen LogP contribution is -2.12. The van der Waals surface area contributed by atoms with Gasteiger partial charge in [0.05, 0.1) is 4.88 Å². The van der Waals surface area contributed by atoms with Gasteiger partial charge in [0.15, 0.2) is 0 Å². The number of anilines is 1. The first kappa shape index (κ1) is 14.3. The van der Waals surface area contributed by atoms with Gasteiger partial charge in [-0.3, -0.25) is 4.79 Å². The SMILES string of the molecule is Cc1cccc(C)c1NC(=O)c1cc2c(s1)CCC(C)C2. The first-order chi connectivity index (χ1) is 10.0. The molecule has 1 amide bonds. The Bertz CT molecular complexity index is 666. The second-order valence-electron chi connectivity index (χ2n) is 6.13. The molecule has 1 atom stereocenters. The molecule has 1 aliphatic carbocycles. The zero-order chi connectivity index (χ0) is 15.0. The van der Waals surface area contributed by atoms with Gasteiger partial charge in [-0.25, -0.2) is 0 Å². The quantitative estimate of drug-likeness (QED) is 0.852. The highest BCUT2D eigenvalue weighted by Crippen LogP contribution is 2.32. The fourth-order valence-corrected chi connectivity index (χ4v) is 4.11. The summed E-state index contributed by atoms with van der Waals surface area (Å²) in [5.74, 6) is 0.765. The third-order valence-electron chi connectivity index (χ3n) is 4.27. The van der Waals surface area contributed by atoms with Crippen LogP contribution in [0.25, 0.3) is 0 Å². The lowest BCUT2D eigenvalue weighted by Gasteiger charge is -2.16.